The van der Waals surface area contributed by atoms with Gasteiger partial charge in [-0.3, -0.25) is 5.43 Å². The van der Waals surface area contributed by atoms with Crippen molar-refractivity contribution in [3.63, 3.8) is 0 Å². The molecule has 0 aliphatic rings. The Labute approximate surface area is 119 Å². The number of nitrogens with zero attached hydrogens (tertiary/aromatic N) is 2. The molecule has 0 amide bonds. The zero-order valence-corrected chi connectivity index (χ0v) is 12.5. The van der Waals surface area contributed by atoms with Crippen molar-refractivity contribution in [1.82, 2.24) is 4.98 Å². The third-order valence-electron chi connectivity index (χ3n) is 1.88. The summed E-state index contributed by atoms with van der Waals surface area (Å²) >= 11 is 8.32. The smallest absolute Gasteiger partial charge is 0.205 e. The summed E-state index contributed by atoms with van der Waals surface area (Å²) in [5.41, 5.74) is 9.29. The highest BCUT2D eigenvalue weighted by Crippen LogP contribution is 2.23. The van der Waals surface area contributed by atoms with Gasteiger partial charge < -0.3 is 5.73 Å². The number of nitrogen functional groups attached to an aromatic ring is 1. The maximum atomic E-state index is 5.50. The van der Waals surface area contributed by atoms with Crippen molar-refractivity contribution in [2.75, 3.05) is 11.2 Å². The van der Waals surface area contributed by atoms with Gasteiger partial charge in [0.2, 0.25) is 5.13 Å². The molecule has 0 saturated heterocycles. The van der Waals surface area contributed by atoms with E-state index in [1.165, 1.54) is 11.3 Å². The first-order chi connectivity index (χ1) is 8.16. The largest absolute Gasteiger partial charge is 0.383 e. The van der Waals surface area contributed by atoms with E-state index < -0.39 is 0 Å². The Bertz CT molecular complexity index is 533. The summed E-state index contributed by atoms with van der Waals surface area (Å²) in [7, 11) is 0. The molecule has 0 spiro atoms. The van der Waals surface area contributed by atoms with Crippen LogP contribution in [0.25, 0.3) is 0 Å². The minimum Gasteiger partial charge on any atom is -0.383 e. The molecule has 0 radical (unpaired) electrons. The molecule has 17 heavy (non-hydrogen) atoms. The van der Waals surface area contributed by atoms with E-state index in [2.05, 4.69) is 47.4 Å². The summed E-state index contributed by atoms with van der Waals surface area (Å²) in [4.78, 5) is 4.03. The molecule has 88 valence electrons. The molecule has 2 aromatic rings. The third kappa shape index (κ3) is 3.27. The minimum atomic E-state index is 0.495. The normalized spacial score (nSPS) is 10.9. The number of rotatable bonds is 3. The van der Waals surface area contributed by atoms with Gasteiger partial charge in [0, 0.05) is 19.9 Å². The van der Waals surface area contributed by atoms with E-state index in [1.807, 2.05) is 18.2 Å². The number of hydrogen-bond donors (Lipinski definition) is 2. The van der Waals surface area contributed by atoms with Crippen molar-refractivity contribution in [2.24, 2.45) is 5.10 Å². The van der Waals surface area contributed by atoms with Gasteiger partial charge in [-0.1, -0.05) is 37.9 Å². The molecule has 0 unspecified atom stereocenters. The predicted octanol–water partition coefficient (Wildman–Crippen LogP) is 3.70. The van der Waals surface area contributed by atoms with Crippen molar-refractivity contribution in [1.29, 1.82) is 0 Å². The lowest BCUT2D eigenvalue weighted by Gasteiger charge is -2.00. The Hall–Kier alpha value is -0.920. The van der Waals surface area contributed by atoms with Gasteiger partial charge >= 0.3 is 0 Å². The molecule has 0 bridgehead atoms. The zero-order chi connectivity index (χ0) is 12.3. The van der Waals surface area contributed by atoms with Crippen LogP contribution >= 0.6 is 43.2 Å². The van der Waals surface area contributed by atoms with Crippen LogP contribution in [0.5, 0.6) is 0 Å². The molecule has 3 N–H and O–H groups in total. The number of thiazole rings is 1. The molecule has 7 heteroatoms. The highest BCUT2D eigenvalue weighted by Gasteiger charge is 2.01. The van der Waals surface area contributed by atoms with E-state index in [-0.39, 0.29) is 0 Å². The second-order valence-corrected chi connectivity index (χ2v) is 5.65. The molecular formula is C10H8Br2N4S. The van der Waals surface area contributed by atoms with E-state index >= 15 is 0 Å². The highest BCUT2D eigenvalue weighted by atomic mass is 79.9. The van der Waals surface area contributed by atoms with Crippen molar-refractivity contribution < 1.29 is 0 Å². The maximum Gasteiger partial charge on any atom is 0.205 e. The molecule has 0 aliphatic heterocycles. The average Bonchev–Trinajstić information content (AvgIpc) is 2.69. The van der Waals surface area contributed by atoms with Crippen molar-refractivity contribution in [2.45, 2.75) is 0 Å². The van der Waals surface area contributed by atoms with Gasteiger partial charge in [0.1, 0.15) is 5.82 Å². The summed E-state index contributed by atoms with van der Waals surface area (Å²) in [6.07, 6.45) is 1.71. The Morgan fingerprint density at radius 2 is 2.06 bits per heavy atom. The van der Waals surface area contributed by atoms with Crippen molar-refractivity contribution >= 4 is 60.4 Å². The van der Waals surface area contributed by atoms with Crippen LogP contribution in [0.2, 0.25) is 0 Å². The number of nitrogens with two attached hydrogens (primary N) is 1. The van der Waals surface area contributed by atoms with E-state index in [1.54, 1.807) is 11.6 Å². The number of benzene rings is 1. The number of hydrogen-bond acceptors (Lipinski definition) is 5. The van der Waals surface area contributed by atoms with Crippen LogP contribution in [-0.2, 0) is 0 Å². The molecule has 0 saturated carbocycles. The van der Waals surface area contributed by atoms with Gasteiger partial charge in [0.05, 0.1) is 6.21 Å². The lowest BCUT2D eigenvalue weighted by atomic mass is 10.2. The number of hydrazone groups is 1. The van der Waals surface area contributed by atoms with Crippen molar-refractivity contribution in [3.8, 4) is 0 Å². The van der Waals surface area contributed by atoms with Crippen LogP contribution in [-0.4, -0.2) is 11.2 Å². The Morgan fingerprint density at radius 3 is 2.65 bits per heavy atom. The standard InChI is InChI=1S/C10H8Br2N4S/c11-7-2-1-3-8(12)6(7)4-14-16-10-15-9(13)5-17-10/h1-5H,13H2,(H,15,16). The summed E-state index contributed by atoms with van der Waals surface area (Å²) in [6, 6.07) is 5.85. The quantitative estimate of drug-likeness (QED) is 0.635. The van der Waals surface area contributed by atoms with Crippen LogP contribution in [0.15, 0.2) is 37.6 Å². The molecule has 0 atom stereocenters. The number of nitrogens with one attached hydrogen (secondary N) is 1. The Kier molecular flexibility index (Phi) is 4.14. The van der Waals surface area contributed by atoms with Gasteiger partial charge in [-0.05, 0) is 12.1 Å². The second-order valence-electron chi connectivity index (χ2n) is 3.08. The van der Waals surface area contributed by atoms with E-state index in [4.69, 9.17) is 5.73 Å². The molecule has 0 aliphatic carbocycles. The number of anilines is 2. The lowest BCUT2D eigenvalue weighted by Crippen LogP contribution is -1.92. The molecule has 1 aromatic carbocycles. The van der Waals surface area contributed by atoms with Crippen LogP contribution in [0, 0.1) is 0 Å². The van der Waals surface area contributed by atoms with Gasteiger partial charge in [-0.25, -0.2) is 4.98 Å². The fourth-order valence-corrected chi connectivity index (χ4v) is 2.88. The molecule has 0 fully saturated rings. The summed E-state index contributed by atoms with van der Waals surface area (Å²) < 4.78 is 1.94. The molecule has 1 aromatic heterocycles. The first-order valence-corrected chi connectivity index (χ1v) is 7.07. The first-order valence-electron chi connectivity index (χ1n) is 4.61. The topological polar surface area (TPSA) is 63.3 Å². The van der Waals surface area contributed by atoms with Gasteiger partial charge in [0.25, 0.3) is 0 Å². The van der Waals surface area contributed by atoms with Gasteiger partial charge in [-0.15, -0.1) is 11.3 Å². The third-order valence-corrected chi connectivity index (χ3v) is 4.02. The van der Waals surface area contributed by atoms with Gasteiger partial charge in [0.15, 0.2) is 0 Å². The van der Waals surface area contributed by atoms with Crippen LogP contribution < -0.4 is 11.2 Å². The van der Waals surface area contributed by atoms with Crippen LogP contribution in [0.4, 0.5) is 10.9 Å². The summed E-state index contributed by atoms with van der Waals surface area (Å²) in [5, 5.41) is 6.53. The molecule has 1 heterocycles. The van der Waals surface area contributed by atoms with E-state index in [9.17, 15) is 0 Å². The van der Waals surface area contributed by atoms with Crippen LogP contribution in [0.3, 0.4) is 0 Å². The van der Waals surface area contributed by atoms with E-state index in [0.29, 0.717) is 10.9 Å². The second kappa shape index (κ2) is 5.61. The zero-order valence-electron chi connectivity index (χ0n) is 8.52. The fourth-order valence-electron chi connectivity index (χ4n) is 1.12. The Morgan fingerprint density at radius 1 is 1.35 bits per heavy atom. The average molecular weight is 376 g/mol. The Balaban J connectivity index is 2.10. The fraction of sp³-hybridized carbons (Fsp3) is 0. The van der Waals surface area contributed by atoms with Crippen molar-refractivity contribution in [3.05, 3.63) is 38.1 Å². The van der Waals surface area contributed by atoms with E-state index in [0.717, 1.165) is 14.5 Å². The number of aromatic nitrogens is 1. The lowest BCUT2D eigenvalue weighted by molar-refractivity contribution is 1.29. The molecular weight excluding hydrogens is 368 g/mol. The molecule has 2 rings (SSSR count). The van der Waals surface area contributed by atoms with Crippen LogP contribution in [0.1, 0.15) is 5.56 Å². The minimum absolute atomic E-state index is 0.495. The maximum absolute atomic E-state index is 5.50. The number of halogens is 2. The summed E-state index contributed by atoms with van der Waals surface area (Å²) in [6.45, 7) is 0. The SMILES string of the molecule is Nc1csc(NN=Cc2c(Br)cccc2Br)n1. The summed E-state index contributed by atoms with van der Waals surface area (Å²) in [5.74, 6) is 0.495. The highest BCUT2D eigenvalue weighted by molar-refractivity contribution is 9.11. The monoisotopic (exact) mass is 374 g/mol. The van der Waals surface area contributed by atoms with Gasteiger partial charge in [-0.2, -0.15) is 5.10 Å². The molecule has 4 nitrogen and oxygen atoms in total. The first kappa shape index (κ1) is 12.5. The predicted molar refractivity (Wildman–Crippen MR) is 79.6 cm³/mol.